The largest absolute Gasteiger partial charge is 0.465 e. The lowest BCUT2D eigenvalue weighted by Crippen LogP contribution is -2.33. The van der Waals surface area contributed by atoms with Gasteiger partial charge in [0, 0.05) is 24.8 Å². The predicted octanol–water partition coefficient (Wildman–Crippen LogP) is 3.25. The van der Waals surface area contributed by atoms with E-state index in [4.69, 9.17) is 11.6 Å². The Kier molecular flexibility index (Phi) is 6.27. The molecule has 1 heterocycles. The number of nitrogens with one attached hydrogen (secondary N) is 1. The summed E-state index contributed by atoms with van der Waals surface area (Å²) in [4.78, 5) is 14.0. The van der Waals surface area contributed by atoms with Crippen LogP contribution in [0.25, 0.3) is 0 Å². The van der Waals surface area contributed by atoms with Gasteiger partial charge in [-0.1, -0.05) is 29.8 Å². The molecule has 1 atom stereocenters. The van der Waals surface area contributed by atoms with Gasteiger partial charge in [-0.15, -0.1) is 0 Å². The molecular weight excluding hydrogens is 400 g/mol. The minimum Gasteiger partial charge on any atom is -0.465 e. The first-order chi connectivity index (χ1) is 13.3. The van der Waals surface area contributed by atoms with Crippen LogP contribution in [0.4, 0.5) is 5.69 Å². The van der Waals surface area contributed by atoms with Crippen LogP contribution in [0, 0.1) is 0 Å². The molecule has 0 radical (unpaired) electrons. The predicted molar refractivity (Wildman–Crippen MR) is 110 cm³/mol. The fourth-order valence-corrected chi connectivity index (χ4v) is 4.74. The molecule has 1 N–H and O–H groups in total. The smallest absolute Gasteiger partial charge is 0.339 e. The van der Waals surface area contributed by atoms with Crippen molar-refractivity contribution in [2.75, 3.05) is 25.1 Å². The number of fused-ring (bicyclic) bond motifs is 1. The summed E-state index contributed by atoms with van der Waals surface area (Å²) in [5.74, 6) is -0.677. The molecule has 150 valence electrons. The van der Waals surface area contributed by atoms with Crippen LogP contribution in [0.5, 0.6) is 0 Å². The number of para-hydroxylation sites is 1. The maximum Gasteiger partial charge on any atom is 0.339 e. The van der Waals surface area contributed by atoms with Gasteiger partial charge in [-0.2, -0.15) is 0 Å². The molecule has 1 unspecified atom stereocenters. The number of esters is 1. The van der Waals surface area contributed by atoms with Gasteiger partial charge < -0.3 is 9.64 Å². The van der Waals surface area contributed by atoms with E-state index >= 15 is 0 Å². The van der Waals surface area contributed by atoms with E-state index in [1.165, 1.54) is 36.6 Å². The van der Waals surface area contributed by atoms with Crippen LogP contribution in [-0.4, -0.2) is 40.6 Å². The van der Waals surface area contributed by atoms with Crippen molar-refractivity contribution in [2.45, 2.75) is 30.7 Å². The average molecular weight is 423 g/mol. The highest BCUT2D eigenvalue weighted by atomic mass is 35.5. The first-order valence-corrected chi connectivity index (χ1v) is 10.9. The maximum atomic E-state index is 12.5. The summed E-state index contributed by atoms with van der Waals surface area (Å²) in [6, 6.07) is 12.7. The van der Waals surface area contributed by atoms with Crippen molar-refractivity contribution in [3.05, 3.63) is 58.6 Å². The zero-order valence-corrected chi connectivity index (χ0v) is 17.4. The number of sulfonamides is 1. The Bertz CT molecular complexity index is 978. The zero-order valence-electron chi connectivity index (χ0n) is 15.8. The second kappa shape index (κ2) is 8.51. The molecule has 6 nitrogen and oxygen atoms in total. The third-order valence-electron chi connectivity index (χ3n) is 4.87. The molecule has 3 rings (SSSR count). The van der Waals surface area contributed by atoms with E-state index in [9.17, 15) is 13.2 Å². The fourth-order valence-electron chi connectivity index (χ4n) is 3.45. The van der Waals surface area contributed by atoms with Gasteiger partial charge in [-0.05, 0) is 49.6 Å². The molecule has 8 heteroatoms. The van der Waals surface area contributed by atoms with Crippen molar-refractivity contribution >= 4 is 33.3 Å². The topological polar surface area (TPSA) is 75.7 Å². The number of anilines is 1. The molecular formula is C20H23ClN2O4S. The van der Waals surface area contributed by atoms with Gasteiger partial charge in [0.25, 0.3) is 0 Å². The van der Waals surface area contributed by atoms with E-state index in [0.29, 0.717) is 19.0 Å². The quantitative estimate of drug-likeness (QED) is 0.547. The molecule has 0 aliphatic carbocycles. The number of benzene rings is 2. The van der Waals surface area contributed by atoms with E-state index in [0.717, 1.165) is 13.0 Å². The highest BCUT2D eigenvalue weighted by Gasteiger charge is 2.25. The van der Waals surface area contributed by atoms with Crippen LogP contribution in [-0.2, 0) is 21.2 Å². The van der Waals surface area contributed by atoms with E-state index in [2.05, 4.69) is 33.4 Å². The van der Waals surface area contributed by atoms with Gasteiger partial charge in [0.2, 0.25) is 10.0 Å². The van der Waals surface area contributed by atoms with Crippen LogP contribution in [0.2, 0.25) is 5.02 Å². The summed E-state index contributed by atoms with van der Waals surface area (Å²) in [5.41, 5.74) is 2.57. The molecule has 2 aromatic rings. The van der Waals surface area contributed by atoms with Gasteiger partial charge in [0.1, 0.15) is 0 Å². The molecule has 1 aliphatic heterocycles. The van der Waals surface area contributed by atoms with Gasteiger partial charge in [-0.25, -0.2) is 17.9 Å². The lowest BCUT2D eigenvalue weighted by molar-refractivity contribution is 0.0600. The minimum atomic E-state index is -3.75. The number of rotatable bonds is 7. The molecule has 1 aliphatic rings. The van der Waals surface area contributed by atoms with Gasteiger partial charge in [0.15, 0.2) is 0 Å². The highest BCUT2D eigenvalue weighted by molar-refractivity contribution is 7.89. The molecule has 0 saturated carbocycles. The van der Waals surface area contributed by atoms with Crippen molar-refractivity contribution < 1.29 is 17.9 Å². The molecule has 2 aromatic carbocycles. The Morgan fingerprint density at radius 3 is 2.79 bits per heavy atom. The first-order valence-electron chi connectivity index (χ1n) is 9.05. The van der Waals surface area contributed by atoms with E-state index in [1.54, 1.807) is 0 Å². The fraction of sp³-hybridized carbons (Fsp3) is 0.350. The number of carbonyl (C=O) groups excluding carboxylic acids is 1. The van der Waals surface area contributed by atoms with Crippen molar-refractivity contribution in [1.82, 2.24) is 4.72 Å². The Morgan fingerprint density at radius 1 is 1.29 bits per heavy atom. The molecule has 0 amide bonds. The maximum absolute atomic E-state index is 12.5. The summed E-state index contributed by atoms with van der Waals surface area (Å²) in [7, 11) is -2.53. The summed E-state index contributed by atoms with van der Waals surface area (Å²) >= 11 is 5.95. The third-order valence-corrected chi connectivity index (χ3v) is 6.66. The highest BCUT2D eigenvalue weighted by Crippen LogP contribution is 2.31. The van der Waals surface area contributed by atoms with E-state index < -0.39 is 16.0 Å². The Labute approximate surface area is 170 Å². The summed E-state index contributed by atoms with van der Waals surface area (Å²) in [6.45, 7) is 3.23. The number of nitrogens with zero attached hydrogens (tertiary/aromatic N) is 1. The molecule has 0 spiro atoms. The molecule has 28 heavy (non-hydrogen) atoms. The molecule has 0 aromatic heterocycles. The first kappa shape index (κ1) is 20.6. The number of hydrogen-bond acceptors (Lipinski definition) is 5. The number of carbonyl (C=O) groups is 1. The van der Waals surface area contributed by atoms with Crippen LogP contribution >= 0.6 is 11.6 Å². The second-order valence-corrected chi connectivity index (χ2v) is 8.93. The minimum absolute atomic E-state index is 0.0165. The SMILES string of the molecule is COC(=O)c1cc(S(=O)(=O)NCCCN2c3ccccc3CC2C)ccc1Cl. The average Bonchev–Trinajstić information content (AvgIpc) is 3.00. The Hall–Kier alpha value is -2.09. The summed E-state index contributed by atoms with van der Waals surface area (Å²) in [6.07, 6.45) is 1.67. The molecule has 0 saturated heterocycles. The number of hydrogen-bond donors (Lipinski definition) is 1. The van der Waals surface area contributed by atoms with Gasteiger partial charge >= 0.3 is 5.97 Å². The number of ether oxygens (including phenoxy) is 1. The van der Waals surface area contributed by atoms with Crippen molar-refractivity contribution in [3.63, 3.8) is 0 Å². The van der Waals surface area contributed by atoms with Crippen LogP contribution < -0.4 is 9.62 Å². The summed E-state index contributed by atoms with van der Waals surface area (Å²) < 4.78 is 32.3. The van der Waals surface area contributed by atoms with E-state index in [1.807, 2.05) is 12.1 Å². The monoisotopic (exact) mass is 422 g/mol. The van der Waals surface area contributed by atoms with Crippen LogP contribution in [0.3, 0.4) is 0 Å². The van der Waals surface area contributed by atoms with Crippen molar-refractivity contribution in [2.24, 2.45) is 0 Å². The lowest BCUT2D eigenvalue weighted by Gasteiger charge is -2.24. The van der Waals surface area contributed by atoms with Crippen LogP contribution in [0.1, 0.15) is 29.3 Å². The van der Waals surface area contributed by atoms with Crippen molar-refractivity contribution in [1.29, 1.82) is 0 Å². The lowest BCUT2D eigenvalue weighted by atomic mass is 10.1. The Morgan fingerprint density at radius 2 is 2.04 bits per heavy atom. The molecule has 0 bridgehead atoms. The van der Waals surface area contributed by atoms with Gasteiger partial charge in [-0.3, -0.25) is 0 Å². The second-order valence-electron chi connectivity index (χ2n) is 6.76. The number of halogens is 1. The Balaban J connectivity index is 1.61. The normalized spacial score (nSPS) is 16.1. The molecule has 0 fully saturated rings. The standard InChI is InChI=1S/C20H23ClN2O4S/c1-14-12-15-6-3-4-7-19(15)23(14)11-5-10-22-28(25,26)16-8-9-18(21)17(13-16)20(24)27-2/h3-4,6-9,13-14,22H,5,10-12H2,1-2H3. The summed E-state index contributed by atoms with van der Waals surface area (Å²) in [5, 5.41) is 0.146. The zero-order chi connectivity index (χ0) is 20.3. The van der Waals surface area contributed by atoms with E-state index in [-0.39, 0.29) is 15.5 Å². The van der Waals surface area contributed by atoms with Crippen LogP contribution in [0.15, 0.2) is 47.4 Å². The number of methoxy groups -OCH3 is 1. The van der Waals surface area contributed by atoms with Crippen molar-refractivity contribution in [3.8, 4) is 0 Å². The third kappa shape index (κ3) is 4.32. The van der Waals surface area contributed by atoms with Gasteiger partial charge in [0.05, 0.1) is 22.6 Å².